The van der Waals surface area contributed by atoms with Crippen molar-refractivity contribution in [3.05, 3.63) is 47.8 Å². The molecule has 9 heteroatoms. The van der Waals surface area contributed by atoms with E-state index in [-0.39, 0.29) is 16.8 Å². The molecular weight excluding hydrogens is 377 g/mol. The van der Waals surface area contributed by atoms with Gasteiger partial charge in [-0.3, -0.25) is 10.1 Å². The second-order valence-electron chi connectivity index (χ2n) is 5.40. The van der Waals surface area contributed by atoms with Crippen LogP contribution in [0.4, 0.5) is 9.52 Å². The SMILES string of the molecule is O=C(NC(=S)Nc1nc2ccc(F)cc2s1)c1ccc2c(c1)OCCO2. The van der Waals surface area contributed by atoms with E-state index >= 15 is 0 Å². The summed E-state index contributed by atoms with van der Waals surface area (Å²) in [6.45, 7) is 0.925. The van der Waals surface area contributed by atoms with Crippen molar-refractivity contribution in [2.45, 2.75) is 0 Å². The third-order valence-corrected chi connectivity index (χ3v) is 4.74. The highest BCUT2D eigenvalue weighted by Crippen LogP contribution is 2.30. The van der Waals surface area contributed by atoms with E-state index in [9.17, 15) is 9.18 Å². The van der Waals surface area contributed by atoms with Gasteiger partial charge in [-0.2, -0.15) is 0 Å². The smallest absolute Gasteiger partial charge is 0.257 e. The Balaban J connectivity index is 1.44. The number of nitrogens with zero attached hydrogens (tertiary/aromatic N) is 1. The van der Waals surface area contributed by atoms with Crippen LogP contribution in [0.1, 0.15) is 10.4 Å². The van der Waals surface area contributed by atoms with Gasteiger partial charge in [0.05, 0.1) is 10.2 Å². The van der Waals surface area contributed by atoms with Crippen molar-refractivity contribution < 1.29 is 18.7 Å². The van der Waals surface area contributed by atoms with Gasteiger partial charge in [-0.1, -0.05) is 11.3 Å². The number of carbonyl (C=O) groups excluding carboxylic acids is 1. The van der Waals surface area contributed by atoms with E-state index in [2.05, 4.69) is 15.6 Å². The van der Waals surface area contributed by atoms with Gasteiger partial charge >= 0.3 is 0 Å². The molecular formula is C17H12FN3O3S2. The minimum Gasteiger partial charge on any atom is -0.486 e. The Labute approximate surface area is 156 Å². The molecule has 0 unspecified atom stereocenters. The largest absolute Gasteiger partial charge is 0.486 e. The molecule has 26 heavy (non-hydrogen) atoms. The van der Waals surface area contributed by atoms with Gasteiger partial charge in [0, 0.05) is 5.56 Å². The molecule has 1 amide bonds. The van der Waals surface area contributed by atoms with Crippen LogP contribution in [0.25, 0.3) is 10.2 Å². The molecule has 0 radical (unpaired) electrons. The van der Waals surface area contributed by atoms with E-state index in [1.807, 2.05) is 0 Å². The Kier molecular flexibility index (Phi) is 4.39. The van der Waals surface area contributed by atoms with E-state index < -0.39 is 0 Å². The molecule has 132 valence electrons. The quantitative estimate of drug-likeness (QED) is 0.655. The number of halogens is 1. The molecule has 0 atom stereocenters. The van der Waals surface area contributed by atoms with Gasteiger partial charge in [-0.05, 0) is 48.6 Å². The zero-order valence-corrected chi connectivity index (χ0v) is 14.9. The van der Waals surface area contributed by atoms with Crippen molar-refractivity contribution in [1.82, 2.24) is 10.3 Å². The van der Waals surface area contributed by atoms with Gasteiger partial charge in [0.15, 0.2) is 21.7 Å². The third-order valence-electron chi connectivity index (χ3n) is 3.60. The van der Waals surface area contributed by atoms with Crippen molar-refractivity contribution in [3.8, 4) is 11.5 Å². The lowest BCUT2D eigenvalue weighted by Gasteiger charge is -2.18. The lowest BCUT2D eigenvalue weighted by Crippen LogP contribution is -2.34. The van der Waals surface area contributed by atoms with Crippen LogP contribution in [0.5, 0.6) is 11.5 Å². The topological polar surface area (TPSA) is 72.5 Å². The van der Waals surface area contributed by atoms with E-state index in [4.69, 9.17) is 21.7 Å². The first-order valence-corrected chi connectivity index (χ1v) is 8.89. The van der Waals surface area contributed by atoms with Crippen LogP contribution in [0.15, 0.2) is 36.4 Å². The predicted molar refractivity (Wildman–Crippen MR) is 101 cm³/mol. The molecule has 6 nitrogen and oxygen atoms in total. The summed E-state index contributed by atoms with van der Waals surface area (Å²) in [5.41, 5.74) is 1.05. The Hall–Kier alpha value is -2.78. The number of benzene rings is 2. The van der Waals surface area contributed by atoms with Gasteiger partial charge in [0.2, 0.25) is 0 Å². The fraction of sp³-hybridized carbons (Fsp3) is 0.118. The number of thiocarbonyl (C=S) groups is 1. The first kappa shape index (κ1) is 16.7. The van der Waals surface area contributed by atoms with Crippen LogP contribution in [0, 0.1) is 5.82 Å². The Bertz CT molecular complexity index is 1020. The lowest BCUT2D eigenvalue weighted by atomic mass is 10.2. The van der Waals surface area contributed by atoms with Crippen molar-refractivity contribution in [2.24, 2.45) is 0 Å². The summed E-state index contributed by atoms with van der Waals surface area (Å²) in [6.07, 6.45) is 0. The summed E-state index contributed by atoms with van der Waals surface area (Å²) in [5, 5.41) is 6.00. The van der Waals surface area contributed by atoms with Gasteiger partial charge in [0.1, 0.15) is 19.0 Å². The van der Waals surface area contributed by atoms with Crippen LogP contribution in [-0.2, 0) is 0 Å². The van der Waals surface area contributed by atoms with Gasteiger partial charge in [0.25, 0.3) is 5.91 Å². The summed E-state index contributed by atoms with van der Waals surface area (Å²) in [4.78, 5) is 16.6. The average molecular weight is 389 g/mol. The fourth-order valence-electron chi connectivity index (χ4n) is 2.44. The lowest BCUT2D eigenvalue weighted by molar-refractivity contribution is 0.0976. The highest BCUT2D eigenvalue weighted by molar-refractivity contribution is 7.80. The number of thiazole rings is 1. The van der Waals surface area contributed by atoms with Crippen LogP contribution >= 0.6 is 23.6 Å². The first-order chi connectivity index (χ1) is 12.6. The highest BCUT2D eigenvalue weighted by Gasteiger charge is 2.16. The zero-order chi connectivity index (χ0) is 18.1. The minimum absolute atomic E-state index is 0.101. The van der Waals surface area contributed by atoms with Gasteiger partial charge in [-0.15, -0.1) is 0 Å². The molecule has 4 rings (SSSR count). The molecule has 2 heterocycles. The number of fused-ring (bicyclic) bond motifs is 2. The number of nitrogens with one attached hydrogen (secondary N) is 2. The number of amides is 1. The van der Waals surface area contributed by atoms with E-state index in [0.29, 0.717) is 45.6 Å². The van der Waals surface area contributed by atoms with Crippen LogP contribution in [0.2, 0.25) is 0 Å². The molecule has 2 aromatic carbocycles. The van der Waals surface area contributed by atoms with Crippen molar-refractivity contribution in [1.29, 1.82) is 0 Å². The molecule has 3 aromatic rings. The Morgan fingerprint density at radius 2 is 1.96 bits per heavy atom. The number of carbonyl (C=O) groups is 1. The first-order valence-electron chi connectivity index (χ1n) is 7.66. The number of aromatic nitrogens is 1. The molecule has 0 aliphatic carbocycles. The van der Waals surface area contributed by atoms with E-state index in [0.717, 1.165) is 0 Å². The van der Waals surface area contributed by atoms with Crippen molar-refractivity contribution in [3.63, 3.8) is 0 Å². The molecule has 0 fully saturated rings. The molecule has 2 N–H and O–H groups in total. The second-order valence-corrected chi connectivity index (χ2v) is 6.84. The number of hydrogen-bond donors (Lipinski definition) is 2. The average Bonchev–Trinajstić information content (AvgIpc) is 3.02. The summed E-state index contributed by atoms with van der Waals surface area (Å²) in [5.74, 6) is 0.417. The summed E-state index contributed by atoms with van der Waals surface area (Å²) in [6, 6.07) is 9.24. The molecule has 0 spiro atoms. The minimum atomic E-state index is -0.383. The molecule has 0 saturated heterocycles. The van der Waals surface area contributed by atoms with Crippen molar-refractivity contribution >= 4 is 49.9 Å². The standard InChI is InChI=1S/C17H12FN3O3S2/c18-10-2-3-11-14(8-10)26-17(19-11)21-16(25)20-15(22)9-1-4-12-13(7-9)24-6-5-23-12/h1-4,7-8H,5-6H2,(H2,19,20,21,22,25). The Morgan fingerprint density at radius 3 is 2.81 bits per heavy atom. The molecule has 1 aliphatic heterocycles. The number of rotatable bonds is 2. The number of anilines is 1. The monoisotopic (exact) mass is 389 g/mol. The van der Waals surface area contributed by atoms with Crippen LogP contribution in [-0.4, -0.2) is 29.2 Å². The van der Waals surface area contributed by atoms with E-state index in [1.165, 1.54) is 23.5 Å². The molecule has 0 saturated carbocycles. The maximum Gasteiger partial charge on any atom is 0.257 e. The predicted octanol–water partition coefficient (Wildman–Crippen LogP) is 3.33. The number of ether oxygens (including phenoxy) is 2. The normalized spacial score (nSPS) is 12.7. The highest BCUT2D eigenvalue weighted by atomic mass is 32.1. The third kappa shape index (κ3) is 3.44. The van der Waals surface area contributed by atoms with Gasteiger partial charge < -0.3 is 14.8 Å². The maximum absolute atomic E-state index is 13.2. The maximum atomic E-state index is 13.2. The zero-order valence-electron chi connectivity index (χ0n) is 13.2. The van der Waals surface area contributed by atoms with Gasteiger partial charge in [-0.25, -0.2) is 9.37 Å². The Morgan fingerprint density at radius 1 is 1.15 bits per heavy atom. The van der Waals surface area contributed by atoms with E-state index in [1.54, 1.807) is 24.3 Å². The van der Waals surface area contributed by atoms with Crippen molar-refractivity contribution in [2.75, 3.05) is 18.5 Å². The summed E-state index contributed by atoms with van der Waals surface area (Å²) in [7, 11) is 0. The number of hydrogen-bond acceptors (Lipinski definition) is 6. The fourth-order valence-corrected chi connectivity index (χ4v) is 3.59. The van der Waals surface area contributed by atoms with Crippen LogP contribution < -0.4 is 20.1 Å². The second kappa shape index (κ2) is 6.85. The molecule has 1 aromatic heterocycles. The van der Waals surface area contributed by atoms with Crippen LogP contribution in [0.3, 0.4) is 0 Å². The summed E-state index contributed by atoms with van der Waals surface area (Å²) < 4.78 is 24.8. The summed E-state index contributed by atoms with van der Waals surface area (Å²) >= 11 is 6.40. The molecule has 1 aliphatic rings. The molecule has 0 bridgehead atoms.